The second-order valence-corrected chi connectivity index (χ2v) is 4.50. The summed E-state index contributed by atoms with van der Waals surface area (Å²) < 4.78 is 0. The average molecular weight is 280 g/mol. The topological polar surface area (TPSA) is 74.8 Å². The van der Waals surface area contributed by atoms with Gasteiger partial charge < -0.3 is 4.90 Å². The Morgan fingerprint density at radius 1 is 1.47 bits per heavy atom. The zero-order valence-electron chi connectivity index (χ0n) is 10.7. The Morgan fingerprint density at radius 3 is 2.89 bits per heavy atom. The van der Waals surface area contributed by atoms with Gasteiger partial charge in [0.1, 0.15) is 17.3 Å². The quantitative estimate of drug-likeness (QED) is 0.864. The highest BCUT2D eigenvalue weighted by atomic mass is 35.5. The van der Waals surface area contributed by atoms with Crippen LogP contribution in [0.25, 0.3) is 0 Å². The van der Waals surface area contributed by atoms with Crippen LogP contribution in [-0.4, -0.2) is 38.0 Å². The van der Waals surface area contributed by atoms with Gasteiger partial charge in [0.05, 0.1) is 6.54 Å². The lowest BCUT2D eigenvalue weighted by atomic mass is 10.2. The number of nitrogens with one attached hydrogen (secondary N) is 1. The number of hydrogen-bond donors (Lipinski definition) is 1. The van der Waals surface area contributed by atoms with E-state index in [1.807, 2.05) is 6.92 Å². The first-order valence-electron chi connectivity index (χ1n) is 5.86. The van der Waals surface area contributed by atoms with Crippen molar-refractivity contribution in [2.75, 3.05) is 7.05 Å². The minimum Gasteiger partial charge on any atom is -0.334 e. The number of carbonyl (C=O) groups is 1. The number of aromatic amines is 1. The molecule has 0 radical (unpaired) electrons. The molecule has 0 saturated heterocycles. The van der Waals surface area contributed by atoms with E-state index in [0.717, 1.165) is 12.1 Å². The summed E-state index contributed by atoms with van der Waals surface area (Å²) >= 11 is 5.91. The van der Waals surface area contributed by atoms with E-state index in [1.54, 1.807) is 24.1 Å². The lowest BCUT2D eigenvalue weighted by molar-refractivity contribution is 0.0781. The Bertz CT molecular complexity index is 570. The SMILES string of the molecule is CCc1cc(C(=O)N(C)Cc2ncn[nH]2)cc(Cl)n1. The van der Waals surface area contributed by atoms with Crippen LogP contribution in [0.1, 0.15) is 28.8 Å². The van der Waals surface area contributed by atoms with Crippen LogP contribution in [0.4, 0.5) is 0 Å². The van der Waals surface area contributed by atoms with Crippen molar-refractivity contribution < 1.29 is 4.79 Å². The number of aromatic nitrogens is 4. The normalized spacial score (nSPS) is 10.5. The largest absolute Gasteiger partial charge is 0.334 e. The van der Waals surface area contributed by atoms with Gasteiger partial charge in [-0.25, -0.2) is 9.97 Å². The molecule has 2 heterocycles. The summed E-state index contributed by atoms with van der Waals surface area (Å²) in [6.45, 7) is 2.32. The molecule has 1 amide bonds. The molecule has 19 heavy (non-hydrogen) atoms. The van der Waals surface area contributed by atoms with Gasteiger partial charge in [0.25, 0.3) is 5.91 Å². The van der Waals surface area contributed by atoms with Crippen LogP contribution in [0.5, 0.6) is 0 Å². The van der Waals surface area contributed by atoms with Crippen LogP contribution in [0.15, 0.2) is 18.5 Å². The predicted molar refractivity (Wildman–Crippen MR) is 70.8 cm³/mol. The van der Waals surface area contributed by atoms with E-state index in [0.29, 0.717) is 23.1 Å². The first kappa shape index (κ1) is 13.5. The number of amides is 1. The fourth-order valence-electron chi connectivity index (χ4n) is 1.68. The van der Waals surface area contributed by atoms with E-state index < -0.39 is 0 Å². The van der Waals surface area contributed by atoms with Crippen LogP contribution in [0, 0.1) is 0 Å². The summed E-state index contributed by atoms with van der Waals surface area (Å²) in [4.78, 5) is 21.9. The molecule has 6 nitrogen and oxygen atoms in total. The van der Waals surface area contributed by atoms with Crippen LogP contribution in [0.2, 0.25) is 5.15 Å². The zero-order valence-corrected chi connectivity index (χ0v) is 11.5. The molecule has 0 unspecified atom stereocenters. The van der Waals surface area contributed by atoms with E-state index in [-0.39, 0.29) is 5.91 Å². The minimum absolute atomic E-state index is 0.129. The number of hydrogen-bond acceptors (Lipinski definition) is 4. The van der Waals surface area contributed by atoms with Gasteiger partial charge in [-0.2, -0.15) is 5.10 Å². The molecule has 0 fully saturated rings. The lowest BCUT2D eigenvalue weighted by Gasteiger charge is -2.16. The number of carbonyl (C=O) groups excluding carboxylic acids is 1. The molecule has 0 aliphatic carbocycles. The van der Waals surface area contributed by atoms with Gasteiger partial charge in [0, 0.05) is 18.3 Å². The Hall–Kier alpha value is -1.95. The second-order valence-electron chi connectivity index (χ2n) is 4.12. The van der Waals surface area contributed by atoms with E-state index in [1.165, 1.54) is 6.33 Å². The fourth-order valence-corrected chi connectivity index (χ4v) is 1.91. The first-order chi connectivity index (χ1) is 9.10. The van der Waals surface area contributed by atoms with Crippen LogP contribution < -0.4 is 0 Å². The predicted octanol–water partition coefficient (Wildman–Crippen LogP) is 1.69. The van der Waals surface area contributed by atoms with Crippen LogP contribution in [-0.2, 0) is 13.0 Å². The Labute approximate surface area is 115 Å². The number of pyridine rings is 1. The van der Waals surface area contributed by atoms with Crippen molar-refractivity contribution in [1.82, 2.24) is 25.1 Å². The number of nitrogens with zero attached hydrogens (tertiary/aromatic N) is 4. The third-order valence-electron chi connectivity index (χ3n) is 2.65. The summed E-state index contributed by atoms with van der Waals surface area (Å²) in [6.07, 6.45) is 2.14. The highest BCUT2D eigenvalue weighted by Crippen LogP contribution is 2.13. The summed E-state index contributed by atoms with van der Waals surface area (Å²) in [7, 11) is 1.70. The Morgan fingerprint density at radius 2 is 2.26 bits per heavy atom. The molecule has 0 bridgehead atoms. The number of H-pyrrole nitrogens is 1. The third-order valence-corrected chi connectivity index (χ3v) is 2.85. The van der Waals surface area contributed by atoms with Gasteiger partial charge in [-0.1, -0.05) is 18.5 Å². The number of halogens is 1. The van der Waals surface area contributed by atoms with Gasteiger partial charge in [-0.05, 0) is 18.6 Å². The maximum Gasteiger partial charge on any atom is 0.254 e. The second kappa shape index (κ2) is 5.79. The van der Waals surface area contributed by atoms with E-state index >= 15 is 0 Å². The smallest absolute Gasteiger partial charge is 0.254 e. The molecule has 0 saturated carbocycles. The minimum atomic E-state index is -0.129. The van der Waals surface area contributed by atoms with Gasteiger partial charge in [0.2, 0.25) is 0 Å². The van der Waals surface area contributed by atoms with Crippen molar-refractivity contribution in [3.8, 4) is 0 Å². The molecule has 0 aromatic carbocycles. The standard InChI is InChI=1S/C12H14ClN5O/c1-3-9-4-8(5-10(13)16-9)12(19)18(2)6-11-14-7-15-17-11/h4-5,7H,3,6H2,1-2H3,(H,14,15,17). The van der Waals surface area contributed by atoms with Gasteiger partial charge >= 0.3 is 0 Å². The molecule has 0 spiro atoms. The number of rotatable bonds is 4. The van der Waals surface area contributed by atoms with Gasteiger partial charge in [-0.3, -0.25) is 9.89 Å². The lowest BCUT2D eigenvalue weighted by Crippen LogP contribution is -2.27. The highest BCUT2D eigenvalue weighted by Gasteiger charge is 2.15. The molecule has 2 aromatic rings. The maximum absolute atomic E-state index is 12.3. The monoisotopic (exact) mass is 279 g/mol. The van der Waals surface area contributed by atoms with Crippen LogP contribution in [0.3, 0.4) is 0 Å². The van der Waals surface area contributed by atoms with Crippen molar-refractivity contribution >= 4 is 17.5 Å². The van der Waals surface area contributed by atoms with E-state index in [2.05, 4.69) is 20.2 Å². The molecule has 100 valence electrons. The molecular weight excluding hydrogens is 266 g/mol. The van der Waals surface area contributed by atoms with Crippen molar-refractivity contribution in [1.29, 1.82) is 0 Å². The summed E-state index contributed by atoms with van der Waals surface area (Å²) in [5.41, 5.74) is 1.32. The maximum atomic E-state index is 12.3. The Kier molecular flexibility index (Phi) is 4.11. The molecule has 7 heteroatoms. The highest BCUT2D eigenvalue weighted by molar-refractivity contribution is 6.29. The molecule has 0 atom stereocenters. The van der Waals surface area contributed by atoms with Gasteiger partial charge in [-0.15, -0.1) is 0 Å². The van der Waals surface area contributed by atoms with Crippen molar-refractivity contribution in [3.05, 3.63) is 40.7 Å². The van der Waals surface area contributed by atoms with E-state index in [9.17, 15) is 4.79 Å². The van der Waals surface area contributed by atoms with Crippen molar-refractivity contribution in [3.63, 3.8) is 0 Å². The van der Waals surface area contributed by atoms with Gasteiger partial charge in [0.15, 0.2) is 0 Å². The Balaban J connectivity index is 2.16. The van der Waals surface area contributed by atoms with E-state index in [4.69, 9.17) is 11.6 Å². The fraction of sp³-hybridized carbons (Fsp3) is 0.333. The molecule has 1 N–H and O–H groups in total. The zero-order chi connectivity index (χ0) is 13.8. The van der Waals surface area contributed by atoms with Crippen molar-refractivity contribution in [2.24, 2.45) is 0 Å². The molecule has 2 rings (SSSR count). The molecule has 0 aliphatic rings. The summed E-state index contributed by atoms with van der Waals surface area (Å²) in [5.74, 6) is 0.502. The van der Waals surface area contributed by atoms with Crippen molar-refractivity contribution in [2.45, 2.75) is 19.9 Å². The molecule has 0 aliphatic heterocycles. The third kappa shape index (κ3) is 3.29. The summed E-state index contributed by atoms with van der Waals surface area (Å²) in [5, 5.41) is 6.79. The first-order valence-corrected chi connectivity index (χ1v) is 6.24. The molecular formula is C12H14ClN5O. The van der Waals surface area contributed by atoms with Crippen LogP contribution >= 0.6 is 11.6 Å². The number of aryl methyl sites for hydroxylation is 1. The molecule has 2 aromatic heterocycles. The average Bonchev–Trinajstić information content (AvgIpc) is 2.89. The summed E-state index contributed by atoms with van der Waals surface area (Å²) in [6, 6.07) is 3.32.